The van der Waals surface area contributed by atoms with Crippen LogP contribution in [0.3, 0.4) is 0 Å². The van der Waals surface area contributed by atoms with Crippen LogP contribution >= 0.6 is 0 Å². The molecule has 0 amide bonds. The largest absolute Gasteiger partial charge is 0.466 e. The fraction of sp³-hybridized carbons (Fsp3) is 0.462. The summed E-state index contributed by atoms with van der Waals surface area (Å²) in [4.78, 5) is 11.8. The van der Waals surface area contributed by atoms with Crippen LogP contribution in [0.1, 0.15) is 19.4 Å². The van der Waals surface area contributed by atoms with Gasteiger partial charge in [-0.1, -0.05) is 6.07 Å². The molecule has 1 unspecified atom stereocenters. The Labute approximate surface area is 105 Å². The molecule has 0 bridgehead atoms. The van der Waals surface area contributed by atoms with Crippen LogP contribution in [-0.2, 0) is 16.0 Å². The summed E-state index contributed by atoms with van der Waals surface area (Å²) in [6.45, 7) is 3.36. The van der Waals surface area contributed by atoms with Gasteiger partial charge in [0.2, 0.25) is 0 Å². The van der Waals surface area contributed by atoms with E-state index in [9.17, 15) is 13.6 Å². The van der Waals surface area contributed by atoms with E-state index in [4.69, 9.17) is 10.5 Å². The molecule has 0 fully saturated rings. The van der Waals surface area contributed by atoms with E-state index in [2.05, 4.69) is 0 Å². The minimum absolute atomic E-state index is 0.0421. The van der Waals surface area contributed by atoms with Crippen molar-refractivity contribution < 1.29 is 18.3 Å². The maximum absolute atomic E-state index is 13.5. The van der Waals surface area contributed by atoms with Gasteiger partial charge in [0.05, 0.1) is 12.0 Å². The third-order valence-corrected chi connectivity index (χ3v) is 2.85. The normalized spacial score (nSPS) is 14.1. The number of rotatable bonds is 5. The van der Waals surface area contributed by atoms with E-state index in [1.165, 1.54) is 13.0 Å². The molecule has 0 aliphatic carbocycles. The summed E-state index contributed by atoms with van der Waals surface area (Å²) < 4.78 is 32.0. The van der Waals surface area contributed by atoms with Crippen LogP contribution in [0.5, 0.6) is 0 Å². The molecule has 0 spiro atoms. The maximum Gasteiger partial charge on any atom is 0.313 e. The zero-order valence-corrected chi connectivity index (χ0v) is 10.5. The summed E-state index contributed by atoms with van der Waals surface area (Å²) in [7, 11) is 0. The zero-order chi connectivity index (χ0) is 13.8. The van der Waals surface area contributed by atoms with Gasteiger partial charge in [0.15, 0.2) is 0 Å². The fourth-order valence-electron chi connectivity index (χ4n) is 1.62. The molecule has 0 saturated carbocycles. The lowest BCUT2D eigenvalue weighted by atomic mass is 9.83. The van der Waals surface area contributed by atoms with E-state index in [0.717, 1.165) is 12.1 Å². The Kier molecular flexibility index (Phi) is 4.78. The molecule has 0 radical (unpaired) electrons. The second-order valence-electron chi connectivity index (χ2n) is 4.36. The van der Waals surface area contributed by atoms with E-state index in [-0.39, 0.29) is 25.1 Å². The van der Waals surface area contributed by atoms with Crippen LogP contribution in [-0.4, -0.2) is 19.1 Å². The van der Waals surface area contributed by atoms with Crippen LogP contribution in [0.25, 0.3) is 0 Å². The average Bonchev–Trinajstić information content (AvgIpc) is 2.34. The predicted molar refractivity (Wildman–Crippen MR) is 63.9 cm³/mol. The second-order valence-corrected chi connectivity index (χ2v) is 4.36. The van der Waals surface area contributed by atoms with Gasteiger partial charge >= 0.3 is 5.97 Å². The summed E-state index contributed by atoms with van der Waals surface area (Å²) >= 11 is 0. The molecule has 0 saturated heterocycles. The second kappa shape index (κ2) is 5.91. The van der Waals surface area contributed by atoms with Gasteiger partial charge in [0.25, 0.3) is 0 Å². The first kappa shape index (κ1) is 14.6. The number of esters is 1. The van der Waals surface area contributed by atoms with Crippen LogP contribution in [0.4, 0.5) is 8.78 Å². The summed E-state index contributed by atoms with van der Waals surface area (Å²) in [5, 5.41) is 0. The van der Waals surface area contributed by atoms with Gasteiger partial charge in [-0.25, -0.2) is 8.78 Å². The highest BCUT2D eigenvalue weighted by molar-refractivity contribution is 5.77. The van der Waals surface area contributed by atoms with Crippen molar-refractivity contribution in [1.29, 1.82) is 0 Å². The van der Waals surface area contributed by atoms with E-state index in [0.29, 0.717) is 0 Å². The lowest BCUT2D eigenvalue weighted by Gasteiger charge is -2.25. The minimum atomic E-state index is -1.13. The molecule has 0 heterocycles. The zero-order valence-electron chi connectivity index (χ0n) is 10.5. The first-order valence-corrected chi connectivity index (χ1v) is 5.74. The van der Waals surface area contributed by atoms with Gasteiger partial charge < -0.3 is 10.5 Å². The molecule has 2 N–H and O–H groups in total. The fourth-order valence-corrected chi connectivity index (χ4v) is 1.62. The number of nitrogens with two attached hydrogens (primary N) is 1. The van der Waals surface area contributed by atoms with Gasteiger partial charge in [-0.05, 0) is 32.4 Å². The van der Waals surface area contributed by atoms with E-state index >= 15 is 0 Å². The Bertz CT molecular complexity index is 417. The van der Waals surface area contributed by atoms with E-state index in [1.807, 2.05) is 0 Å². The van der Waals surface area contributed by atoms with Crippen molar-refractivity contribution in [2.24, 2.45) is 11.1 Å². The van der Waals surface area contributed by atoms with Gasteiger partial charge in [-0.2, -0.15) is 0 Å². The topological polar surface area (TPSA) is 52.3 Å². The number of carbonyl (C=O) groups is 1. The Morgan fingerprint density at radius 1 is 1.39 bits per heavy atom. The van der Waals surface area contributed by atoms with Crippen LogP contribution in [0, 0.1) is 17.0 Å². The number of hydrogen-bond donors (Lipinski definition) is 1. The lowest BCUT2D eigenvalue weighted by molar-refractivity contribution is -0.153. The molecular weight excluding hydrogens is 240 g/mol. The number of hydrogen-bond acceptors (Lipinski definition) is 3. The molecule has 0 aromatic heterocycles. The van der Waals surface area contributed by atoms with Crippen molar-refractivity contribution in [3.8, 4) is 0 Å². The van der Waals surface area contributed by atoms with Gasteiger partial charge in [0.1, 0.15) is 11.6 Å². The molecule has 1 aromatic rings. The smallest absolute Gasteiger partial charge is 0.313 e. The summed E-state index contributed by atoms with van der Waals surface area (Å²) in [5.74, 6) is -1.91. The number of halogens is 2. The average molecular weight is 257 g/mol. The standard InChI is InChI=1S/C13H17F2NO2/c1-3-18-12(17)13(2,8-16)7-9-10(14)5-4-6-11(9)15/h4-6H,3,7-8,16H2,1-2H3. The van der Waals surface area contributed by atoms with Crippen molar-refractivity contribution in [2.75, 3.05) is 13.2 Å². The van der Waals surface area contributed by atoms with Crippen molar-refractivity contribution in [2.45, 2.75) is 20.3 Å². The third-order valence-electron chi connectivity index (χ3n) is 2.85. The van der Waals surface area contributed by atoms with E-state index in [1.54, 1.807) is 6.92 Å². The molecule has 5 heteroatoms. The molecule has 0 aliphatic rings. The van der Waals surface area contributed by atoms with Crippen molar-refractivity contribution in [3.05, 3.63) is 35.4 Å². The molecule has 18 heavy (non-hydrogen) atoms. The monoisotopic (exact) mass is 257 g/mol. The van der Waals surface area contributed by atoms with Gasteiger partial charge in [-0.15, -0.1) is 0 Å². The Morgan fingerprint density at radius 3 is 2.39 bits per heavy atom. The SMILES string of the molecule is CCOC(=O)C(C)(CN)Cc1c(F)cccc1F. The van der Waals surface area contributed by atoms with Crippen LogP contribution < -0.4 is 5.73 Å². The molecule has 1 atom stereocenters. The Hall–Kier alpha value is -1.49. The first-order chi connectivity index (χ1) is 8.44. The van der Waals surface area contributed by atoms with Crippen molar-refractivity contribution in [1.82, 2.24) is 0 Å². The quantitative estimate of drug-likeness (QED) is 0.821. The predicted octanol–water partition coefficient (Wildman–Crippen LogP) is 2.04. The maximum atomic E-state index is 13.5. The van der Waals surface area contributed by atoms with E-state index < -0.39 is 23.0 Å². The molecular formula is C13H17F2NO2. The van der Waals surface area contributed by atoms with Gasteiger partial charge in [0, 0.05) is 12.1 Å². The van der Waals surface area contributed by atoms with Gasteiger partial charge in [-0.3, -0.25) is 4.79 Å². The summed E-state index contributed by atoms with van der Waals surface area (Å²) in [6.07, 6.45) is -0.124. The van der Waals surface area contributed by atoms with Crippen LogP contribution in [0.15, 0.2) is 18.2 Å². The Balaban J connectivity index is 3.02. The first-order valence-electron chi connectivity index (χ1n) is 5.74. The third kappa shape index (κ3) is 3.04. The number of ether oxygens (including phenoxy) is 1. The van der Waals surface area contributed by atoms with Crippen LogP contribution in [0.2, 0.25) is 0 Å². The van der Waals surface area contributed by atoms with Crippen molar-refractivity contribution >= 4 is 5.97 Å². The minimum Gasteiger partial charge on any atom is -0.466 e. The summed E-state index contributed by atoms with van der Waals surface area (Å²) in [6, 6.07) is 3.58. The molecule has 1 rings (SSSR count). The summed E-state index contributed by atoms with van der Waals surface area (Å²) in [5.41, 5.74) is 4.27. The Morgan fingerprint density at radius 2 is 1.94 bits per heavy atom. The lowest BCUT2D eigenvalue weighted by Crippen LogP contribution is -2.39. The highest BCUT2D eigenvalue weighted by Crippen LogP contribution is 2.26. The van der Waals surface area contributed by atoms with Crippen molar-refractivity contribution in [3.63, 3.8) is 0 Å². The molecule has 3 nitrogen and oxygen atoms in total. The highest BCUT2D eigenvalue weighted by Gasteiger charge is 2.35. The molecule has 100 valence electrons. The number of benzene rings is 1. The highest BCUT2D eigenvalue weighted by atomic mass is 19.1. The number of carbonyl (C=O) groups excluding carboxylic acids is 1. The molecule has 1 aromatic carbocycles. The molecule has 0 aliphatic heterocycles.